The third kappa shape index (κ3) is 4.40. The van der Waals surface area contributed by atoms with E-state index in [1.54, 1.807) is 0 Å². The van der Waals surface area contributed by atoms with Gasteiger partial charge in [-0.3, -0.25) is 4.90 Å². The zero-order valence-corrected chi connectivity index (χ0v) is 24.4. The van der Waals surface area contributed by atoms with E-state index in [2.05, 4.69) is 20.3 Å². The summed E-state index contributed by atoms with van der Waals surface area (Å²) in [7, 11) is 0. The molecule has 0 spiro atoms. The van der Waals surface area contributed by atoms with Crippen LogP contribution in [0.2, 0.25) is 0 Å². The maximum absolute atomic E-state index is 16.7. The average Bonchev–Trinajstić information content (AvgIpc) is 3.59. The molecule has 0 radical (unpaired) electrons. The van der Waals surface area contributed by atoms with Gasteiger partial charge in [0.25, 0.3) is 0 Å². The van der Waals surface area contributed by atoms with Crippen molar-refractivity contribution >= 4 is 22.5 Å². The quantitative estimate of drug-likeness (QED) is 0.401. The highest BCUT2D eigenvalue weighted by Crippen LogP contribution is 2.49. The summed E-state index contributed by atoms with van der Waals surface area (Å²) in [5, 5.41) is 3.43. The number of pyridine rings is 1. The Bertz CT molecular complexity index is 1720. The lowest BCUT2D eigenvalue weighted by Gasteiger charge is -2.40. The van der Waals surface area contributed by atoms with Crippen molar-refractivity contribution in [1.29, 1.82) is 0 Å². The van der Waals surface area contributed by atoms with Gasteiger partial charge in [-0.2, -0.15) is 23.1 Å². The number of nitrogens with one attached hydrogen (secondary N) is 1. The summed E-state index contributed by atoms with van der Waals surface area (Å²) >= 11 is 0. The van der Waals surface area contributed by atoms with E-state index in [1.165, 1.54) is 0 Å². The van der Waals surface area contributed by atoms with Crippen LogP contribution in [0.25, 0.3) is 22.2 Å². The third-order valence-corrected chi connectivity index (χ3v) is 10.2. The number of nitrogens with two attached hydrogens (primary N) is 1. The first-order chi connectivity index (χ1) is 21.4. The summed E-state index contributed by atoms with van der Waals surface area (Å²) in [6, 6.07) is 0.523. The number of aryl methyl sites for hydroxylation is 1. The number of alkyl halides is 4. The maximum atomic E-state index is 16.7. The van der Waals surface area contributed by atoms with Crippen LogP contribution in [-0.2, 0) is 6.18 Å². The molecule has 4 saturated heterocycles. The van der Waals surface area contributed by atoms with Gasteiger partial charge in [-0.25, -0.2) is 18.2 Å². The molecule has 2 bridgehead atoms. The number of ether oxygens (including phenoxy) is 2. The van der Waals surface area contributed by atoms with E-state index in [4.69, 9.17) is 15.2 Å². The van der Waals surface area contributed by atoms with Gasteiger partial charge < -0.3 is 25.4 Å². The van der Waals surface area contributed by atoms with Crippen molar-refractivity contribution in [1.82, 2.24) is 25.2 Å². The molecule has 5 aliphatic heterocycles. The lowest BCUT2D eigenvalue weighted by Crippen LogP contribution is -2.60. The first-order valence-electron chi connectivity index (χ1n) is 15.2. The molecule has 9 nitrogen and oxygen atoms in total. The Morgan fingerprint density at radius 3 is 2.78 bits per heavy atom. The van der Waals surface area contributed by atoms with Crippen LogP contribution in [0, 0.1) is 18.6 Å². The van der Waals surface area contributed by atoms with Crippen molar-refractivity contribution in [2.24, 2.45) is 0 Å². The van der Waals surface area contributed by atoms with E-state index >= 15 is 8.78 Å². The number of benzene rings is 1. The number of nitrogen functional groups attached to an aromatic ring is 1. The number of rotatable bonds is 4. The standard InChI is InChI=1S/C30H31F6N7O2/c1-13-7-18(37)39-24(21(13)30(34,35)36)19-22(32)25-20-26(23(19)33)44-11-17-16-4-3-15(38-16)10-43(17)27(20)41-28(40-25)45-12-29-5-2-6-42(29)9-14(31)8-29/h7,14-17,38H,2-6,8-12H2,1H3,(H2,37,39)/t14-,15?,16?,17?,29+/m1/s1. The lowest BCUT2D eigenvalue weighted by atomic mass is 9.95. The summed E-state index contributed by atoms with van der Waals surface area (Å²) in [5.74, 6) is -3.33. The molecule has 3 aromatic rings. The largest absolute Gasteiger partial charge is 0.487 e. The molecule has 240 valence electrons. The molecule has 3 unspecified atom stereocenters. The molecule has 0 saturated carbocycles. The smallest absolute Gasteiger partial charge is 0.418 e. The second-order valence-electron chi connectivity index (χ2n) is 12.9. The number of anilines is 2. The van der Waals surface area contributed by atoms with Crippen molar-refractivity contribution in [3.05, 3.63) is 28.8 Å². The van der Waals surface area contributed by atoms with E-state index in [0.717, 1.165) is 38.8 Å². The van der Waals surface area contributed by atoms with Crippen LogP contribution in [0.4, 0.5) is 38.0 Å². The summed E-state index contributed by atoms with van der Waals surface area (Å²) < 4.78 is 103. The fourth-order valence-corrected chi connectivity index (χ4v) is 8.24. The monoisotopic (exact) mass is 635 g/mol. The van der Waals surface area contributed by atoms with Crippen LogP contribution in [0.15, 0.2) is 6.07 Å². The fourth-order valence-electron chi connectivity index (χ4n) is 8.24. The van der Waals surface area contributed by atoms with Crippen LogP contribution in [0.3, 0.4) is 0 Å². The first-order valence-corrected chi connectivity index (χ1v) is 15.2. The Morgan fingerprint density at radius 2 is 1.98 bits per heavy atom. The molecule has 15 heteroatoms. The molecule has 7 heterocycles. The Morgan fingerprint density at radius 1 is 1.16 bits per heavy atom. The maximum Gasteiger partial charge on any atom is 0.418 e. The van der Waals surface area contributed by atoms with E-state index in [9.17, 15) is 17.6 Å². The van der Waals surface area contributed by atoms with Gasteiger partial charge in [-0.15, -0.1) is 0 Å². The highest BCUT2D eigenvalue weighted by Gasteiger charge is 2.50. The normalized spacial score (nSPS) is 29.1. The number of piperazine rings is 1. The van der Waals surface area contributed by atoms with Crippen LogP contribution >= 0.6 is 0 Å². The number of nitrogens with zero attached hydrogens (tertiary/aromatic N) is 5. The van der Waals surface area contributed by atoms with Gasteiger partial charge in [0.2, 0.25) is 0 Å². The van der Waals surface area contributed by atoms with Crippen molar-refractivity contribution in [2.75, 3.05) is 43.5 Å². The molecule has 45 heavy (non-hydrogen) atoms. The van der Waals surface area contributed by atoms with Crippen molar-refractivity contribution in [3.63, 3.8) is 0 Å². The summed E-state index contributed by atoms with van der Waals surface area (Å²) in [5.41, 5.74) is 1.07. The predicted molar refractivity (Wildman–Crippen MR) is 152 cm³/mol. The van der Waals surface area contributed by atoms with E-state index in [0.29, 0.717) is 19.5 Å². The Labute approximate surface area is 254 Å². The Hall–Kier alpha value is -3.59. The topological polar surface area (TPSA) is 102 Å². The zero-order chi connectivity index (χ0) is 31.4. The summed E-state index contributed by atoms with van der Waals surface area (Å²) in [4.78, 5) is 16.7. The van der Waals surface area contributed by atoms with Crippen molar-refractivity contribution < 1.29 is 35.8 Å². The molecule has 2 aromatic heterocycles. The van der Waals surface area contributed by atoms with E-state index in [1.807, 2.05) is 9.80 Å². The van der Waals surface area contributed by atoms with E-state index in [-0.39, 0.29) is 66.4 Å². The zero-order valence-electron chi connectivity index (χ0n) is 24.4. The van der Waals surface area contributed by atoms with Crippen LogP contribution in [-0.4, -0.2) is 82.5 Å². The van der Waals surface area contributed by atoms with Gasteiger partial charge in [-0.05, 0) is 50.8 Å². The van der Waals surface area contributed by atoms with Crippen LogP contribution in [0.1, 0.15) is 43.2 Å². The minimum atomic E-state index is -5.00. The molecule has 8 rings (SSSR count). The summed E-state index contributed by atoms with van der Waals surface area (Å²) in [6.07, 6.45) is -2.42. The second kappa shape index (κ2) is 9.95. The highest BCUT2D eigenvalue weighted by atomic mass is 19.4. The minimum Gasteiger partial charge on any atom is -0.487 e. The van der Waals surface area contributed by atoms with Crippen molar-refractivity contribution in [3.8, 4) is 23.0 Å². The SMILES string of the molecule is Cc1cc(N)nc(-c2c(F)c3c4c(nc(OC[C@@]56CCCN5C[C@H](F)C6)nc4c2F)N2CC4CCC(N4)C2CO3)c1C(F)(F)F. The van der Waals surface area contributed by atoms with Crippen LogP contribution in [0.5, 0.6) is 11.8 Å². The highest BCUT2D eigenvalue weighted by molar-refractivity contribution is 5.99. The van der Waals surface area contributed by atoms with Gasteiger partial charge in [0.05, 0.1) is 33.8 Å². The lowest BCUT2D eigenvalue weighted by molar-refractivity contribution is -0.137. The Kier molecular flexibility index (Phi) is 6.38. The molecule has 4 fully saturated rings. The molecule has 3 N–H and O–H groups in total. The van der Waals surface area contributed by atoms with Gasteiger partial charge in [0.15, 0.2) is 17.4 Å². The predicted octanol–water partition coefficient (Wildman–Crippen LogP) is 4.54. The fraction of sp³-hybridized carbons (Fsp3) is 0.567. The van der Waals surface area contributed by atoms with Gasteiger partial charge in [0.1, 0.15) is 36.5 Å². The molecule has 5 atom stereocenters. The number of hydrogen-bond donors (Lipinski definition) is 2. The molecule has 5 aliphatic rings. The van der Waals surface area contributed by atoms with Gasteiger partial charge >= 0.3 is 12.2 Å². The number of hydrogen-bond acceptors (Lipinski definition) is 9. The molecule has 1 aromatic carbocycles. The second-order valence-corrected chi connectivity index (χ2v) is 12.9. The Balaban J connectivity index is 1.34. The first kappa shape index (κ1) is 28.9. The number of halogens is 6. The molecule has 0 amide bonds. The summed E-state index contributed by atoms with van der Waals surface area (Å²) in [6.45, 7) is 2.66. The van der Waals surface area contributed by atoms with Gasteiger partial charge in [-0.1, -0.05) is 0 Å². The minimum absolute atomic E-state index is 0.0270. The molecular weight excluding hydrogens is 604 g/mol. The van der Waals surface area contributed by atoms with Crippen molar-refractivity contribution in [2.45, 2.75) is 75.0 Å². The average molecular weight is 636 g/mol. The third-order valence-electron chi connectivity index (χ3n) is 10.2. The van der Waals surface area contributed by atoms with Crippen LogP contribution < -0.4 is 25.4 Å². The number of fused-ring (bicyclic) bond motifs is 6. The molecular formula is C30H31F6N7O2. The van der Waals surface area contributed by atoms with Gasteiger partial charge in [0, 0.05) is 31.6 Å². The number of aromatic nitrogens is 3. The van der Waals surface area contributed by atoms with E-state index < -0.39 is 57.6 Å². The molecule has 0 aliphatic carbocycles.